The van der Waals surface area contributed by atoms with Gasteiger partial charge >= 0.3 is 11.9 Å². The van der Waals surface area contributed by atoms with Crippen molar-refractivity contribution in [3.8, 4) is 0 Å². The molecule has 0 aliphatic heterocycles. The number of H-pyrrole nitrogens is 1. The van der Waals surface area contributed by atoms with Crippen molar-refractivity contribution in [2.24, 2.45) is 0 Å². The van der Waals surface area contributed by atoms with E-state index in [1.165, 1.54) is 6.20 Å². The molecule has 1 aromatic rings. The molecule has 0 fully saturated rings. The third-order valence-electron chi connectivity index (χ3n) is 1.56. The Morgan fingerprint density at radius 1 is 1.50 bits per heavy atom. The number of aliphatic carboxylic acids is 1. The van der Waals surface area contributed by atoms with Crippen LogP contribution in [0.2, 0.25) is 0 Å². The Labute approximate surface area is 92.6 Å². The van der Waals surface area contributed by atoms with Crippen molar-refractivity contribution in [1.29, 1.82) is 0 Å². The Kier molecular flexibility index (Phi) is 3.31. The van der Waals surface area contributed by atoms with Gasteiger partial charge in [0.25, 0.3) is 0 Å². The molecule has 88 valence electrons. The summed E-state index contributed by atoms with van der Waals surface area (Å²) in [7, 11) is 0. The zero-order valence-corrected chi connectivity index (χ0v) is 9.40. The average Bonchev–Trinajstić information content (AvgIpc) is 2.48. The summed E-state index contributed by atoms with van der Waals surface area (Å²) in [5, 5.41) is 8.53. The fourth-order valence-corrected chi connectivity index (χ4v) is 1.04. The number of carboxylic acids is 1. The fraction of sp³-hybridized carbons (Fsp3) is 0.500. The first-order valence-corrected chi connectivity index (χ1v) is 4.77. The van der Waals surface area contributed by atoms with Gasteiger partial charge in [-0.05, 0) is 20.8 Å². The highest BCUT2D eigenvalue weighted by Crippen LogP contribution is 2.10. The number of aromatic nitrogens is 2. The predicted molar refractivity (Wildman–Crippen MR) is 55.1 cm³/mol. The van der Waals surface area contributed by atoms with Gasteiger partial charge in [0.05, 0.1) is 12.1 Å². The molecule has 1 aromatic heterocycles. The van der Waals surface area contributed by atoms with E-state index in [4.69, 9.17) is 9.84 Å². The lowest BCUT2D eigenvalue weighted by Gasteiger charge is -2.18. The minimum atomic E-state index is -0.998. The van der Waals surface area contributed by atoms with Crippen LogP contribution in [0.1, 0.15) is 37.1 Å². The van der Waals surface area contributed by atoms with E-state index < -0.39 is 17.5 Å². The molecule has 0 spiro atoms. The van der Waals surface area contributed by atoms with Crippen molar-refractivity contribution in [2.45, 2.75) is 32.8 Å². The highest BCUT2D eigenvalue weighted by molar-refractivity contribution is 5.85. The van der Waals surface area contributed by atoms with Crippen LogP contribution < -0.4 is 0 Å². The van der Waals surface area contributed by atoms with Crippen molar-refractivity contribution in [2.75, 3.05) is 0 Å². The van der Waals surface area contributed by atoms with Crippen molar-refractivity contribution in [3.63, 3.8) is 0 Å². The molecule has 0 aromatic carbocycles. The van der Waals surface area contributed by atoms with E-state index in [9.17, 15) is 9.59 Å². The quantitative estimate of drug-likeness (QED) is 0.750. The first-order valence-electron chi connectivity index (χ1n) is 4.77. The Balaban J connectivity index is 2.71. The van der Waals surface area contributed by atoms with Crippen molar-refractivity contribution in [3.05, 3.63) is 17.7 Å². The smallest absolute Gasteiger partial charge is 0.374 e. The molecule has 2 N–H and O–H groups in total. The van der Waals surface area contributed by atoms with Gasteiger partial charge in [0.15, 0.2) is 0 Å². The number of nitrogens with zero attached hydrogens (tertiary/aromatic N) is 1. The molecule has 0 radical (unpaired) electrons. The summed E-state index contributed by atoms with van der Waals surface area (Å²) in [5.41, 5.74) is -0.301. The van der Waals surface area contributed by atoms with Crippen LogP contribution in [0.15, 0.2) is 6.20 Å². The van der Waals surface area contributed by atoms with Gasteiger partial charge in [0.2, 0.25) is 5.82 Å². The van der Waals surface area contributed by atoms with Crippen LogP contribution in [-0.4, -0.2) is 32.6 Å². The zero-order chi connectivity index (χ0) is 12.3. The summed E-state index contributed by atoms with van der Waals surface area (Å²) in [4.78, 5) is 28.3. The number of ether oxygens (including phenoxy) is 1. The molecule has 16 heavy (non-hydrogen) atoms. The van der Waals surface area contributed by atoms with Crippen molar-refractivity contribution >= 4 is 11.9 Å². The Morgan fingerprint density at radius 2 is 2.12 bits per heavy atom. The molecule has 0 saturated heterocycles. The van der Waals surface area contributed by atoms with Gasteiger partial charge in [-0.15, -0.1) is 0 Å². The van der Waals surface area contributed by atoms with E-state index in [0.717, 1.165) is 0 Å². The summed E-state index contributed by atoms with van der Waals surface area (Å²) in [5.74, 6) is -1.57. The lowest BCUT2D eigenvalue weighted by Crippen LogP contribution is -2.24. The first-order chi connectivity index (χ1) is 7.28. The van der Waals surface area contributed by atoms with Gasteiger partial charge in [0, 0.05) is 6.20 Å². The molecule has 0 atom stereocenters. The maximum atomic E-state index is 11.5. The molecule has 6 heteroatoms. The van der Waals surface area contributed by atoms with Gasteiger partial charge in [-0.1, -0.05) is 0 Å². The van der Waals surface area contributed by atoms with Crippen molar-refractivity contribution in [1.82, 2.24) is 9.97 Å². The molecule has 0 bridgehead atoms. The number of nitrogens with one attached hydrogen (secondary N) is 1. The van der Waals surface area contributed by atoms with Crippen LogP contribution in [0.5, 0.6) is 0 Å². The molecule has 0 aliphatic rings. The number of esters is 1. The third kappa shape index (κ3) is 3.72. The van der Waals surface area contributed by atoms with E-state index in [1.54, 1.807) is 20.8 Å². The maximum Gasteiger partial charge on any atom is 0.374 e. The zero-order valence-electron chi connectivity index (χ0n) is 9.40. The molecule has 0 saturated carbocycles. The Bertz CT molecular complexity index is 403. The van der Waals surface area contributed by atoms with E-state index >= 15 is 0 Å². The van der Waals surface area contributed by atoms with Crippen LogP contribution in [0, 0.1) is 0 Å². The Hall–Kier alpha value is -1.85. The largest absolute Gasteiger partial charge is 0.481 e. The average molecular weight is 226 g/mol. The standard InChI is InChI=1S/C10H14N2O4/c1-10(2,3)16-9(15)8-11-5-6(12-8)4-7(13)14/h5H,4H2,1-3H3,(H,11,12)(H,13,14). The number of rotatable bonds is 3. The van der Waals surface area contributed by atoms with E-state index in [0.29, 0.717) is 5.69 Å². The maximum absolute atomic E-state index is 11.5. The van der Waals surface area contributed by atoms with Gasteiger partial charge in [-0.25, -0.2) is 9.78 Å². The molecule has 0 unspecified atom stereocenters. The topological polar surface area (TPSA) is 92.3 Å². The minimum absolute atomic E-state index is 0.0196. The fourth-order valence-electron chi connectivity index (χ4n) is 1.04. The predicted octanol–water partition coefficient (Wildman–Crippen LogP) is 0.992. The number of carbonyl (C=O) groups is 2. The molecule has 0 amide bonds. The lowest BCUT2D eigenvalue weighted by molar-refractivity contribution is -0.136. The van der Waals surface area contributed by atoms with Crippen LogP contribution in [0.3, 0.4) is 0 Å². The van der Waals surface area contributed by atoms with Crippen LogP contribution in [-0.2, 0) is 16.0 Å². The van der Waals surface area contributed by atoms with E-state index in [1.807, 2.05) is 0 Å². The second-order valence-electron chi connectivity index (χ2n) is 4.31. The van der Waals surface area contributed by atoms with Crippen LogP contribution in [0.25, 0.3) is 0 Å². The van der Waals surface area contributed by atoms with Crippen molar-refractivity contribution < 1.29 is 19.4 Å². The van der Waals surface area contributed by atoms with E-state index in [-0.39, 0.29) is 12.2 Å². The number of aromatic amines is 1. The number of carbonyl (C=O) groups excluding carboxylic acids is 1. The van der Waals surface area contributed by atoms with Gasteiger partial charge < -0.3 is 14.8 Å². The first kappa shape index (κ1) is 12.2. The highest BCUT2D eigenvalue weighted by atomic mass is 16.6. The summed E-state index contributed by atoms with van der Waals surface area (Å²) >= 11 is 0. The molecule has 0 aliphatic carbocycles. The second kappa shape index (κ2) is 4.34. The highest BCUT2D eigenvalue weighted by Gasteiger charge is 2.20. The monoisotopic (exact) mass is 226 g/mol. The number of hydrogen-bond acceptors (Lipinski definition) is 4. The van der Waals surface area contributed by atoms with Crippen LogP contribution in [0.4, 0.5) is 0 Å². The normalized spacial score (nSPS) is 11.2. The second-order valence-corrected chi connectivity index (χ2v) is 4.31. The molecule has 1 heterocycles. The summed E-state index contributed by atoms with van der Waals surface area (Å²) < 4.78 is 5.06. The molecular formula is C10H14N2O4. The number of imidazole rings is 1. The molecule has 1 rings (SSSR count). The summed E-state index contributed by atoms with van der Waals surface area (Å²) in [6, 6.07) is 0. The van der Waals surface area contributed by atoms with Crippen LogP contribution >= 0.6 is 0 Å². The SMILES string of the molecule is CC(C)(C)OC(=O)c1nc(CC(=O)O)c[nH]1. The molecule has 6 nitrogen and oxygen atoms in total. The molecular weight excluding hydrogens is 212 g/mol. The summed E-state index contributed by atoms with van der Waals surface area (Å²) in [6.45, 7) is 5.23. The van der Waals surface area contributed by atoms with Gasteiger partial charge in [-0.3, -0.25) is 4.79 Å². The Morgan fingerprint density at radius 3 is 2.62 bits per heavy atom. The number of hydrogen-bond donors (Lipinski definition) is 2. The van der Waals surface area contributed by atoms with Gasteiger partial charge in [0.1, 0.15) is 5.60 Å². The van der Waals surface area contributed by atoms with E-state index in [2.05, 4.69) is 9.97 Å². The third-order valence-corrected chi connectivity index (χ3v) is 1.56. The number of carboxylic acid groups (broad SMARTS) is 1. The van der Waals surface area contributed by atoms with Gasteiger partial charge in [-0.2, -0.15) is 0 Å². The minimum Gasteiger partial charge on any atom is -0.481 e. The lowest BCUT2D eigenvalue weighted by atomic mass is 10.2. The summed E-state index contributed by atoms with van der Waals surface area (Å²) in [6.07, 6.45) is 1.16.